The van der Waals surface area contributed by atoms with Gasteiger partial charge in [-0.05, 0) is 57.3 Å². The number of rotatable bonds is 2. The molecule has 2 bridgehead atoms. The van der Waals surface area contributed by atoms with Crippen LogP contribution in [0.1, 0.15) is 35.7 Å². The molecule has 4 fully saturated rings. The molecule has 0 unspecified atom stereocenters. The molecule has 27 heavy (non-hydrogen) atoms. The van der Waals surface area contributed by atoms with E-state index in [1.165, 1.54) is 6.07 Å². The van der Waals surface area contributed by atoms with Gasteiger partial charge in [-0.1, -0.05) is 12.1 Å². The molecule has 4 nitrogen and oxygen atoms in total. The van der Waals surface area contributed by atoms with Crippen LogP contribution in [0, 0.1) is 31.4 Å². The van der Waals surface area contributed by atoms with Crippen molar-refractivity contribution in [2.75, 3.05) is 24.5 Å². The summed E-state index contributed by atoms with van der Waals surface area (Å²) in [5, 5.41) is 0. The summed E-state index contributed by atoms with van der Waals surface area (Å²) in [5.74, 6) is -0.0419. The van der Waals surface area contributed by atoms with Gasteiger partial charge in [0.25, 0.3) is 0 Å². The lowest BCUT2D eigenvalue weighted by atomic mass is 9.75. The molecule has 5 heterocycles. The monoisotopic (exact) mass is 370 g/mol. The Hall–Kier alpha value is -2.08. The highest BCUT2D eigenvalue weighted by atomic mass is 19.2. The molecule has 0 N–H and O–H groups in total. The Kier molecular flexibility index (Phi) is 3.93. The fourth-order valence-electron chi connectivity index (χ4n) is 5.54. The Morgan fingerprint density at radius 3 is 2.63 bits per heavy atom. The number of nitrogens with zero attached hydrogens (tertiary/aromatic N) is 4. The van der Waals surface area contributed by atoms with Crippen LogP contribution in [-0.4, -0.2) is 46.6 Å². The summed E-state index contributed by atoms with van der Waals surface area (Å²) in [6, 6.07) is 5.07. The van der Waals surface area contributed by atoms with Crippen LogP contribution >= 0.6 is 0 Å². The standard InChI is InChI=1S/C21H24F2N4/c1-12-10-24-13(2)21(25-12)27-11-16(15-4-3-5-17(22)18(15)23)20-19(27)14-6-8-26(20)9-7-14/h3-5,10,14,16,19-20H,6-9,11H2,1-2H3/t16-,19-,20-/m1/s1. The minimum absolute atomic E-state index is 0.0597. The average molecular weight is 370 g/mol. The van der Waals surface area contributed by atoms with Crippen molar-refractivity contribution in [3.8, 4) is 0 Å². The van der Waals surface area contributed by atoms with Gasteiger partial charge in [-0.25, -0.2) is 13.8 Å². The van der Waals surface area contributed by atoms with E-state index in [-0.39, 0.29) is 18.0 Å². The van der Waals surface area contributed by atoms with Crippen molar-refractivity contribution in [2.45, 2.75) is 44.7 Å². The zero-order chi connectivity index (χ0) is 18.7. The molecular formula is C21H24F2N4. The fourth-order valence-corrected chi connectivity index (χ4v) is 5.54. The molecule has 4 aliphatic heterocycles. The molecule has 142 valence electrons. The Bertz CT molecular complexity index is 856. The van der Waals surface area contributed by atoms with Gasteiger partial charge in [-0.3, -0.25) is 9.88 Å². The number of halogens is 2. The molecule has 6 heteroatoms. The summed E-state index contributed by atoms with van der Waals surface area (Å²) in [7, 11) is 0. The largest absolute Gasteiger partial charge is 0.350 e. The van der Waals surface area contributed by atoms with Gasteiger partial charge in [0.1, 0.15) is 0 Å². The predicted octanol–water partition coefficient (Wildman–Crippen LogP) is 3.44. The first-order chi connectivity index (χ1) is 13.0. The van der Waals surface area contributed by atoms with Crippen molar-refractivity contribution >= 4 is 5.82 Å². The SMILES string of the molecule is Cc1cnc(C)c(N2C[C@H](c3cccc(F)c3F)[C@@H]3[C@H]2C2CCN3CC2)n1. The van der Waals surface area contributed by atoms with Crippen molar-refractivity contribution in [3.63, 3.8) is 0 Å². The number of hydrogen-bond donors (Lipinski definition) is 0. The van der Waals surface area contributed by atoms with Crippen molar-refractivity contribution in [3.05, 3.63) is 53.0 Å². The van der Waals surface area contributed by atoms with Gasteiger partial charge in [-0.15, -0.1) is 0 Å². The minimum Gasteiger partial charge on any atom is -0.350 e. The van der Waals surface area contributed by atoms with Crippen molar-refractivity contribution in [1.29, 1.82) is 0 Å². The first-order valence-corrected chi connectivity index (χ1v) is 9.79. The van der Waals surface area contributed by atoms with E-state index in [4.69, 9.17) is 4.98 Å². The highest BCUT2D eigenvalue weighted by Gasteiger charge is 2.54. The van der Waals surface area contributed by atoms with Gasteiger partial charge in [0.2, 0.25) is 0 Å². The molecule has 6 rings (SSSR count). The summed E-state index contributed by atoms with van der Waals surface area (Å²) in [6.07, 6.45) is 4.11. The molecule has 4 saturated heterocycles. The van der Waals surface area contributed by atoms with Gasteiger partial charge >= 0.3 is 0 Å². The highest BCUT2D eigenvalue weighted by molar-refractivity contribution is 5.50. The summed E-state index contributed by atoms with van der Waals surface area (Å²) in [6.45, 7) is 6.68. The second kappa shape index (κ2) is 6.23. The number of benzene rings is 1. The average Bonchev–Trinajstić information content (AvgIpc) is 3.09. The third-order valence-corrected chi connectivity index (χ3v) is 6.70. The maximum atomic E-state index is 14.7. The Balaban J connectivity index is 1.62. The molecule has 0 aliphatic carbocycles. The van der Waals surface area contributed by atoms with Crippen LogP contribution in [0.5, 0.6) is 0 Å². The maximum absolute atomic E-state index is 14.7. The lowest BCUT2D eigenvalue weighted by Crippen LogP contribution is -2.60. The molecule has 0 spiro atoms. The Labute approximate surface area is 158 Å². The second-order valence-corrected chi connectivity index (χ2v) is 8.18. The zero-order valence-corrected chi connectivity index (χ0v) is 15.7. The molecular weight excluding hydrogens is 346 g/mol. The van der Waals surface area contributed by atoms with Crippen LogP contribution in [0.25, 0.3) is 0 Å². The fraction of sp³-hybridized carbons (Fsp3) is 0.524. The van der Waals surface area contributed by atoms with Gasteiger partial charge in [0, 0.05) is 30.7 Å². The van der Waals surface area contributed by atoms with Gasteiger partial charge in [0.15, 0.2) is 17.5 Å². The Morgan fingerprint density at radius 1 is 1.07 bits per heavy atom. The third kappa shape index (κ3) is 2.57. The molecule has 2 aromatic rings. The van der Waals surface area contributed by atoms with Crippen LogP contribution < -0.4 is 4.90 Å². The minimum atomic E-state index is -0.759. The Morgan fingerprint density at radius 2 is 1.85 bits per heavy atom. The van der Waals surface area contributed by atoms with Crippen LogP contribution in [0.15, 0.2) is 24.4 Å². The van der Waals surface area contributed by atoms with E-state index < -0.39 is 11.6 Å². The first-order valence-electron chi connectivity index (χ1n) is 9.79. The van der Waals surface area contributed by atoms with Gasteiger partial charge < -0.3 is 4.90 Å². The van der Waals surface area contributed by atoms with E-state index in [1.807, 2.05) is 13.8 Å². The number of aryl methyl sites for hydroxylation is 2. The highest BCUT2D eigenvalue weighted by Crippen LogP contribution is 2.48. The smallest absolute Gasteiger partial charge is 0.162 e. The van der Waals surface area contributed by atoms with Crippen molar-refractivity contribution in [2.24, 2.45) is 5.92 Å². The molecule has 0 amide bonds. The summed E-state index contributed by atoms with van der Waals surface area (Å²) >= 11 is 0. The lowest BCUT2D eigenvalue weighted by molar-refractivity contribution is 0.0349. The van der Waals surface area contributed by atoms with E-state index >= 15 is 0 Å². The molecule has 3 atom stereocenters. The molecule has 0 saturated carbocycles. The van der Waals surface area contributed by atoms with Crippen LogP contribution in [-0.2, 0) is 0 Å². The van der Waals surface area contributed by atoms with E-state index in [9.17, 15) is 8.78 Å². The van der Waals surface area contributed by atoms with Crippen molar-refractivity contribution < 1.29 is 8.78 Å². The van der Waals surface area contributed by atoms with E-state index in [0.29, 0.717) is 18.0 Å². The number of hydrogen-bond acceptors (Lipinski definition) is 4. The van der Waals surface area contributed by atoms with Crippen LogP contribution in [0.2, 0.25) is 0 Å². The normalized spacial score (nSPS) is 32.0. The van der Waals surface area contributed by atoms with Crippen LogP contribution in [0.3, 0.4) is 0 Å². The number of fused-ring (bicyclic) bond motifs is 2. The maximum Gasteiger partial charge on any atom is 0.162 e. The quantitative estimate of drug-likeness (QED) is 0.811. The molecule has 1 aromatic carbocycles. The summed E-state index contributed by atoms with van der Waals surface area (Å²) in [4.78, 5) is 14.1. The van der Waals surface area contributed by atoms with Gasteiger partial charge in [-0.2, -0.15) is 0 Å². The lowest BCUT2D eigenvalue weighted by Gasteiger charge is -2.51. The number of piperidine rings is 3. The van der Waals surface area contributed by atoms with E-state index in [2.05, 4.69) is 14.8 Å². The first kappa shape index (κ1) is 17.0. The number of aromatic nitrogens is 2. The van der Waals surface area contributed by atoms with Crippen LogP contribution in [0.4, 0.5) is 14.6 Å². The van der Waals surface area contributed by atoms with Gasteiger partial charge in [0.05, 0.1) is 11.4 Å². The summed E-state index contributed by atoms with van der Waals surface area (Å²) < 4.78 is 28.6. The molecule has 0 radical (unpaired) electrons. The summed E-state index contributed by atoms with van der Waals surface area (Å²) in [5.41, 5.74) is 2.28. The predicted molar refractivity (Wildman–Crippen MR) is 99.8 cm³/mol. The van der Waals surface area contributed by atoms with Crippen molar-refractivity contribution in [1.82, 2.24) is 14.9 Å². The second-order valence-electron chi connectivity index (χ2n) is 8.18. The number of anilines is 1. The van der Waals surface area contributed by atoms with E-state index in [0.717, 1.165) is 43.1 Å². The molecule has 4 aliphatic rings. The zero-order valence-electron chi connectivity index (χ0n) is 15.7. The molecule has 1 aromatic heterocycles. The van der Waals surface area contributed by atoms with E-state index in [1.54, 1.807) is 18.3 Å². The third-order valence-electron chi connectivity index (χ3n) is 6.70. The topological polar surface area (TPSA) is 32.3 Å².